The first-order valence-electron chi connectivity index (χ1n) is 6.92. The first-order chi connectivity index (χ1) is 9.53. The second-order valence-corrected chi connectivity index (χ2v) is 7.02. The van der Waals surface area contributed by atoms with Crippen LogP contribution in [0.15, 0.2) is 23.1 Å². The third kappa shape index (κ3) is 3.77. The van der Waals surface area contributed by atoms with Crippen LogP contribution in [0.1, 0.15) is 37.7 Å². The molecule has 4 nitrogen and oxygen atoms in total. The van der Waals surface area contributed by atoms with E-state index in [0.717, 1.165) is 12.5 Å². The molecule has 1 saturated carbocycles. The zero-order valence-electron chi connectivity index (χ0n) is 11.3. The molecular formula is C14H20FNO3S. The number of aliphatic hydroxyl groups excluding tert-OH is 1. The molecule has 0 bridgehead atoms. The molecule has 1 fully saturated rings. The molecule has 0 aromatic heterocycles. The van der Waals surface area contributed by atoms with Gasteiger partial charge in [-0.25, -0.2) is 17.5 Å². The van der Waals surface area contributed by atoms with Crippen molar-refractivity contribution in [3.63, 3.8) is 0 Å². The van der Waals surface area contributed by atoms with Gasteiger partial charge in [0.2, 0.25) is 10.0 Å². The van der Waals surface area contributed by atoms with Crippen molar-refractivity contribution in [2.45, 2.75) is 43.6 Å². The van der Waals surface area contributed by atoms with Gasteiger partial charge in [-0.15, -0.1) is 0 Å². The van der Waals surface area contributed by atoms with Gasteiger partial charge in [0, 0.05) is 12.1 Å². The minimum Gasteiger partial charge on any atom is -0.392 e. The van der Waals surface area contributed by atoms with E-state index in [1.165, 1.54) is 37.8 Å². The van der Waals surface area contributed by atoms with Gasteiger partial charge in [0.15, 0.2) is 0 Å². The summed E-state index contributed by atoms with van der Waals surface area (Å²) in [6, 6.07) is 3.46. The summed E-state index contributed by atoms with van der Waals surface area (Å²) in [5, 5.41) is 8.97. The topological polar surface area (TPSA) is 66.4 Å². The molecule has 1 aliphatic carbocycles. The molecule has 2 rings (SSSR count). The number of hydrogen-bond donors (Lipinski definition) is 2. The molecule has 1 aromatic rings. The second-order valence-electron chi connectivity index (χ2n) is 5.25. The maximum atomic E-state index is 13.2. The van der Waals surface area contributed by atoms with Crippen molar-refractivity contribution in [2.75, 3.05) is 6.54 Å². The Bertz CT molecular complexity index is 554. The molecule has 0 unspecified atom stereocenters. The lowest BCUT2D eigenvalue weighted by Crippen LogP contribution is -2.26. The number of aliphatic hydroxyl groups is 1. The Morgan fingerprint density at radius 3 is 2.65 bits per heavy atom. The summed E-state index contributed by atoms with van der Waals surface area (Å²) in [6.07, 6.45) is 5.65. The summed E-state index contributed by atoms with van der Waals surface area (Å²) in [6.45, 7) is -0.115. The van der Waals surface area contributed by atoms with Crippen LogP contribution in [-0.4, -0.2) is 20.1 Å². The van der Waals surface area contributed by atoms with Crippen LogP contribution in [0.3, 0.4) is 0 Å². The fraction of sp³-hybridized carbons (Fsp3) is 0.571. The Kier molecular flexibility index (Phi) is 5.12. The minimum atomic E-state index is -3.63. The minimum absolute atomic E-state index is 0.00521. The second kappa shape index (κ2) is 6.65. The quantitative estimate of drug-likeness (QED) is 0.846. The van der Waals surface area contributed by atoms with Gasteiger partial charge in [-0.2, -0.15) is 0 Å². The summed E-state index contributed by atoms with van der Waals surface area (Å²) in [7, 11) is -3.63. The number of benzene rings is 1. The summed E-state index contributed by atoms with van der Waals surface area (Å²) in [4.78, 5) is -0.00521. The van der Waals surface area contributed by atoms with E-state index >= 15 is 0 Å². The van der Waals surface area contributed by atoms with E-state index in [-0.39, 0.29) is 10.5 Å². The molecule has 0 saturated heterocycles. The predicted octanol–water partition coefficient (Wildman–Crippen LogP) is 2.18. The van der Waals surface area contributed by atoms with Crippen molar-refractivity contribution in [1.82, 2.24) is 4.72 Å². The van der Waals surface area contributed by atoms with Crippen LogP contribution in [0.4, 0.5) is 4.39 Å². The summed E-state index contributed by atoms with van der Waals surface area (Å²) < 4.78 is 39.9. The molecule has 0 amide bonds. The van der Waals surface area contributed by atoms with Gasteiger partial charge in [0.1, 0.15) is 5.82 Å². The Hall–Kier alpha value is -0.980. The first-order valence-corrected chi connectivity index (χ1v) is 8.40. The van der Waals surface area contributed by atoms with Crippen LogP contribution in [0.5, 0.6) is 0 Å². The summed E-state index contributed by atoms with van der Waals surface area (Å²) in [5.41, 5.74) is -0.0105. The Balaban J connectivity index is 1.98. The smallest absolute Gasteiger partial charge is 0.240 e. The zero-order valence-corrected chi connectivity index (χ0v) is 12.1. The molecule has 6 heteroatoms. The number of nitrogens with one attached hydrogen (secondary N) is 1. The number of hydrogen-bond acceptors (Lipinski definition) is 3. The molecule has 1 aromatic carbocycles. The highest BCUT2D eigenvalue weighted by Gasteiger charge is 2.18. The lowest BCUT2D eigenvalue weighted by molar-refractivity contribution is 0.275. The van der Waals surface area contributed by atoms with E-state index in [9.17, 15) is 12.8 Å². The number of rotatable bonds is 6. The molecular weight excluding hydrogens is 281 g/mol. The maximum Gasteiger partial charge on any atom is 0.240 e. The fourth-order valence-electron chi connectivity index (χ4n) is 2.62. The number of halogens is 1. The standard InChI is InChI=1S/C14H20FNO3S/c15-14-6-5-13(9-12(14)10-17)20(18,19)16-8-7-11-3-1-2-4-11/h5-6,9,11,16-17H,1-4,7-8,10H2. The molecule has 0 aliphatic heterocycles. The van der Waals surface area contributed by atoms with Crippen LogP contribution in [0, 0.1) is 11.7 Å². The van der Waals surface area contributed by atoms with E-state index < -0.39 is 22.4 Å². The van der Waals surface area contributed by atoms with Crippen molar-refractivity contribution >= 4 is 10.0 Å². The van der Waals surface area contributed by atoms with Crippen molar-refractivity contribution in [3.8, 4) is 0 Å². The van der Waals surface area contributed by atoms with Crippen molar-refractivity contribution in [1.29, 1.82) is 0 Å². The average molecular weight is 301 g/mol. The zero-order chi connectivity index (χ0) is 14.6. The lowest BCUT2D eigenvalue weighted by Gasteiger charge is -2.11. The van der Waals surface area contributed by atoms with E-state index in [0.29, 0.717) is 12.5 Å². The van der Waals surface area contributed by atoms with Crippen LogP contribution < -0.4 is 4.72 Å². The molecule has 112 valence electrons. The normalized spacial score (nSPS) is 16.7. The average Bonchev–Trinajstić information content (AvgIpc) is 2.92. The Morgan fingerprint density at radius 2 is 2.00 bits per heavy atom. The van der Waals surface area contributed by atoms with Crippen LogP contribution in [0.2, 0.25) is 0 Å². The molecule has 0 spiro atoms. The molecule has 1 aliphatic rings. The van der Waals surface area contributed by atoms with E-state index in [1.807, 2.05) is 0 Å². The third-order valence-corrected chi connectivity index (χ3v) is 5.28. The SMILES string of the molecule is O=S(=O)(NCCC1CCCC1)c1ccc(F)c(CO)c1. The van der Waals surface area contributed by atoms with Gasteiger partial charge in [0.05, 0.1) is 11.5 Å². The summed E-state index contributed by atoms with van der Waals surface area (Å²) in [5.74, 6) is 0.0105. The first kappa shape index (κ1) is 15.4. The van der Waals surface area contributed by atoms with E-state index in [4.69, 9.17) is 5.11 Å². The Labute approximate surface area is 119 Å². The fourth-order valence-corrected chi connectivity index (χ4v) is 3.72. The van der Waals surface area contributed by atoms with Crippen LogP contribution in [0.25, 0.3) is 0 Å². The highest BCUT2D eigenvalue weighted by molar-refractivity contribution is 7.89. The molecule has 2 N–H and O–H groups in total. The van der Waals surface area contributed by atoms with E-state index in [1.54, 1.807) is 0 Å². The van der Waals surface area contributed by atoms with Crippen molar-refractivity contribution in [3.05, 3.63) is 29.6 Å². The maximum absolute atomic E-state index is 13.2. The lowest BCUT2D eigenvalue weighted by atomic mass is 10.1. The Morgan fingerprint density at radius 1 is 1.30 bits per heavy atom. The van der Waals surface area contributed by atoms with Gasteiger partial charge in [-0.1, -0.05) is 25.7 Å². The van der Waals surface area contributed by atoms with Gasteiger partial charge >= 0.3 is 0 Å². The number of sulfonamides is 1. The van der Waals surface area contributed by atoms with Crippen LogP contribution in [-0.2, 0) is 16.6 Å². The third-order valence-electron chi connectivity index (χ3n) is 3.82. The van der Waals surface area contributed by atoms with Gasteiger partial charge in [0.25, 0.3) is 0 Å². The highest BCUT2D eigenvalue weighted by atomic mass is 32.2. The van der Waals surface area contributed by atoms with Gasteiger partial charge < -0.3 is 5.11 Å². The molecule has 0 atom stereocenters. The predicted molar refractivity (Wildman–Crippen MR) is 74.1 cm³/mol. The molecule has 0 radical (unpaired) electrons. The van der Waals surface area contributed by atoms with E-state index in [2.05, 4.69) is 4.72 Å². The van der Waals surface area contributed by atoms with Crippen LogP contribution >= 0.6 is 0 Å². The summed E-state index contributed by atoms with van der Waals surface area (Å²) >= 11 is 0. The molecule has 0 heterocycles. The highest BCUT2D eigenvalue weighted by Crippen LogP contribution is 2.27. The largest absolute Gasteiger partial charge is 0.392 e. The van der Waals surface area contributed by atoms with Gasteiger partial charge in [-0.3, -0.25) is 0 Å². The van der Waals surface area contributed by atoms with Crippen molar-refractivity contribution in [2.24, 2.45) is 5.92 Å². The van der Waals surface area contributed by atoms with Gasteiger partial charge in [-0.05, 0) is 30.5 Å². The van der Waals surface area contributed by atoms with Crippen molar-refractivity contribution < 1.29 is 17.9 Å². The monoisotopic (exact) mass is 301 g/mol. The molecule has 20 heavy (non-hydrogen) atoms.